The van der Waals surface area contributed by atoms with Crippen LogP contribution in [0.25, 0.3) is 10.9 Å². The third-order valence-electron chi connectivity index (χ3n) is 3.39. The average molecular weight is 326 g/mol. The summed E-state index contributed by atoms with van der Waals surface area (Å²) in [6.07, 6.45) is 1.73. The summed E-state index contributed by atoms with van der Waals surface area (Å²) in [5.41, 5.74) is 6.68. The van der Waals surface area contributed by atoms with Gasteiger partial charge in [-0.2, -0.15) is 5.10 Å². The summed E-state index contributed by atoms with van der Waals surface area (Å²) in [4.78, 5) is 4.53. The Balaban J connectivity index is 1.90. The molecule has 1 aromatic heterocycles. The van der Waals surface area contributed by atoms with Crippen molar-refractivity contribution in [1.82, 2.24) is 4.98 Å². The van der Waals surface area contributed by atoms with Crippen molar-refractivity contribution in [2.75, 3.05) is 12.5 Å². The number of anilines is 1. The van der Waals surface area contributed by atoms with Crippen molar-refractivity contribution >= 4 is 34.4 Å². The van der Waals surface area contributed by atoms with Gasteiger partial charge in [-0.15, -0.1) is 0 Å². The molecule has 3 aromatic rings. The van der Waals surface area contributed by atoms with E-state index >= 15 is 0 Å². The van der Waals surface area contributed by atoms with Crippen LogP contribution in [0, 0.1) is 6.92 Å². The molecule has 0 saturated carbocycles. The number of halogens is 1. The van der Waals surface area contributed by atoms with Crippen LogP contribution < -0.4 is 10.2 Å². The first-order chi connectivity index (χ1) is 11.2. The molecule has 0 fully saturated rings. The van der Waals surface area contributed by atoms with E-state index < -0.39 is 0 Å². The maximum absolute atomic E-state index is 5.97. The molecule has 1 heterocycles. The lowest BCUT2D eigenvalue weighted by atomic mass is 10.1. The van der Waals surface area contributed by atoms with Gasteiger partial charge in [0.05, 0.1) is 24.5 Å². The smallest absolute Gasteiger partial charge is 0.121 e. The predicted octanol–water partition coefficient (Wildman–Crippen LogP) is 4.65. The molecule has 0 spiro atoms. The molecule has 0 radical (unpaired) electrons. The standard InChI is InChI=1S/C18H16ClN3O/c1-12-8-18(16-7-6-15(23-2)10-17(16)21-12)22-20-11-13-4-3-5-14(19)9-13/h3-11H,1-2H3,(H,21,22)/b20-11+. The third-order valence-corrected chi connectivity index (χ3v) is 3.63. The van der Waals surface area contributed by atoms with Crippen LogP contribution in [-0.2, 0) is 0 Å². The number of rotatable bonds is 4. The number of pyridine rings is 1. The molecule has 5 heteroatoms. The lowest BCUT2D eigenvalue weighted by Gasteiger charge is -2.08. The highest BCUT2D eigenvalue weighted by Crippen LogP contribution is 2.26. The second-order valence-electron chi connectivity index (χ2n) is 5.12. The molecular formula is C18H16ClN3O. The molecule has 2 aromatic carbocycles. The van der Waals surface area contributed by atoms with Gasteiger partial charge in [-0.05, 0) is 42.8 Å². The van der Waals surface area contributed by atoms with Crippen molar-refractivity contribution in [3.8, 4) is 5.75 Å². The number of nitrogens with one attached hydrogen (secondary N) is 1. The molecule has 0 aliphatic rings. The molecule has 0 bridgehead atoms. The molecule has 116 valence electrons. The van der Waals surface area contributed by atoms with Crippen LogP contribution in [0.2, 0.25) is 5.02 Å². The Morgan fingerprint density at radius 1 is 1.17 bits per heavy atom. The van der Waals surface area contributed by atoms with Crippen molar-refractivity contribution < 1.29 is 4.74 Å². The quantitative estimate of drug-likeness (QED) is 0.561. The number of benzene rings is 2. The Morgan fingerprint density at radius 3 is 2.83 bits per heavy atom. The van der Waals surface area contributed by atoms with E-state index in [0.29, 0.717) is 5.02 Å². The maximum atomic E-state index is 5.97. The highest BCUT2D eigenvalue weighted by atomic mass is 35.5. The van der Waals surface area contributed by atoms with Crippen molar-refractivity contribution in [1.29, 1.82) is 0 Å². The fraction of sp³-hybridized carbons (Fsp3) is 0.111. The zero-order valence-electron chi connectivity index (χ0n) is 12.9. The summed E-state index contributed by atoms with van der Waals surface area (Å²) in [6.45, 7) is 1.95. The van der Waals surface area contributed by atoms with Gasteiger partial charge in [0.2, 0.25) is 0 Å². The van der Waals surface area contributed by atoms with Crippen molar-refractivity contribution in [3.63, 3.8) is 0 Å². The van der Waals surface area contributed by atoms with Gasteiger partial charge < -0.3 is 4.74 Å². The predicted molar refractivity (Wildman–Crippen MR) is 95.7 cm³/mol. The highest BCUT2D eigenvalue weighted by molar-refractivity contribution is 6.30. The summed E-state index contributed by atoms with van der Waals surface area (Å²) in [5.74, 6) is 0.781. The van der Waals surface area contributed by atoms with Gasteiger partial charge in [0, 0.05) is 22.2 Å². The Kier molecular flexibility index (Phi) is 4.44. The van der Waals surface area contributed by atoms with Crippen molar-refractivity contribution in [2.24, 2.45) is 5.10 Å². The third kappa shape index (κ3) is 3.60. The van der Waals surface area contributed by atoms with Gasteiger partial charge in [0.1, 0.15) is 5.75 Å². The van der Waals surface area contributed by atoms with E-state index in [1.54, 1.807) is 13.3 Å². The molecule has 0 unspecified atom stereocenters. The van der Waals surface area contributed by atoms with E-state index in [1.807, 2.05) is 55.5 Å². The van der Waals surface area contributed by atoms with Crippen LogP contribution in [0.15, 0.2) is 53.6 Å². The molecule has 1 N–H and O–H groups in total. The van der Waals surface area contributed by atoms with Crippen LogP contribution in [-0.4, -0.2) is 18.3 Å². The van der Waals surface area contributed by atoms with Gasteiger partial charge in [0.25, 0.3) is 0 Å². The molecule has 0 atom stereocenters. The number of aryl methyl sites for hydroxylation is 1. The van der Waals surface area contributed by atoms with E-state index in [2.05, 4.69) is 15.5 Å². The van der Waals surface area contributed by atoms with Crippen LogP contribution in [0.1, 0.15) is 11.3 Å². The SMILES string of the molecule is COc1ccc2c(N/N=C/c3cccc(Cl)c3)cc(C)nc2c1. The summed E-state index contributed by atoms with van der Waals surface area (Å²) in [5, 5.41) is 5.97. The molecule has 23 heavy (non-hydrogen) atoms. The zero-order chi connectivity index (χ0) is 16.2. The average Bonchev–Trinajstić information content (AvgIpc) is 2.54. The number of methoxy groups -OCH3 is 1. The molecular weight excluding hydrogens is 310 g/mol. The molecule has 0 aliphatic heterocycles. The normalized spacial score (nSPS) is 11.1. The van der Waals surface area contributed by atoms with Gasteiger partial charge in [0.15, 0.2) is 0 Å². The second kappa shape index (κ2) is 6.67. The number of ether oxygens (including phenoxy) is 1. The number of nitrogens with zero attached hydrogens (tertiary/aromatic N) is 2. The molecule has 0 saturated heterocycles. The topological polar surface area (TPSA) is 46.5 Å². The highest BCUT2D eigenvalue weighted by Gasteiger charge is 2.05. The van der Waals surface area contributed by atoms with Crippen molar-refractivity contribution in [3.05, 3.63) is 64.8 Å². The van der Waals surface area contributed by atoms with E-state index in [-0.39, 0.29) is 0 Å². The lowest BCUT2D eigenvalue weighted by molar-refractivity contribution is 0.415. The first-order valence-electron chi connectivity index (χ1n) is 7.16. The van der Waals surface area contributed by atoms with Gasteiger partial charge in [-0.25, -0.2) is 0 Å². The second-order valence-corrected chi connectivity index (χ2v) is 5.56. The molecule has 4 nitrogen and oxygen atoms in total. The minimum atomic E-state index is 0.686. The van der Waals surface area contributed by atoms with E-state index in [1.165, 1.54) is 0 Å². The zero-order valence-corrected chi connectivity index (χ0v) is 13.6. The summed E-state index contributed by atoms with van der Waals surface area (Å²) < 4.78 is 5.25. The Bertz CT molecular complexity index is 877. The van der Waals surface area contributed by atoms with Gasteiger partial charge in [-0.3, -0.25) is 10.4 Å². The summed E-state index contributed by atoms with van der Waals surface area (Å²) >= 11 is 5.97. The molecule has 0 aliphatic carbocycles. The largest absolute Gasteiger partial charge is 0.497 e. The minimum Gasteiger partial charge on any atom is -0.497 e. The van der Waals surface area contributed by atoms with Crippen molar-refractivity contribution in [2.45, 2.75) is 6.92 Å². The van der Waals surface area contributed by atoms with Crippen LogP contribution in [0.3, 0.4) is 0 Å². The first kappa shape index (κ1) is 15.3. The van der Waals surface area contributed by atoms with E-state index in [0.717, 1.165) is 33.6 Å². The summed E-state index contributed by atoms with van der Waals surface area (Å²) in [7, 11) is 1.64. The number of hydrogen-bond donors (Lipinski definition) is 1. The van der Waals surface area contributed by atoms with Gasteiger partial charge >= 0.3 is 0 Å². The fourth-order valence-corrected chi connectivity index (χ4v) is 2.52. The minimum absolute atomic E-state index is 0.686. The maximum Gasteiger partial charge on any atom is 0.121 e. The number of fused-ring (bicyclic) bond motifs is 1. The van der Waals surface area contributed by atoms with Gasteiger partial charge in [-0.1, -0.05) is 23.7 Å². The van der Waals surface area contributed by atoms with Crippen LogP contribution in [0.5, 0.6) is 5.75 Å². The van der Waals surface area contributed by atoms with E-state index in [4.69, 9.17) is 16.3 Å². The Labute approximate surface area is 139 Å². The monoisotopic (exact) mass is 325 g/mol. The first-order valence-corrected chi connectivity index (χ1v) is 7.53. The number of hydrogen-bond acceptors (Lipinski definition) is 4. The Morgan fingerprint density at radius 2 is 2.04 bits per heavy atom. The Hall–Kier alpha value is -2.59. The molecule has 3 rings (SSSR count). The fourth-order valence-electron chi connectivity index (χ4n) is 2.32. The number of aromatic nitrogens is 1. The van der Waals surface area contributed by atoms with E-state index in [9.17, 15) is 0 Å². The lowest BCUT2D eigenvalue weighted by Crippen LogP contribution is -1.95. The number of hydrazone groups is 1. The summed E-state index contributed by atoms with van der Waals surface area (Å²) in [6, 6.07) is 15.3. The van der Waals surface area contributed by atoms with Crippen LogP contribution >= 0.6 is 11.6 Å². The van der Waals surface area contributed by atoms with Crippen LogP contribution in [0.4, 0.5) is 5.69 Å². The molecule has 0 amide bonds.